The number of nitrogens with one attached hydrogen (secondary N) is 2. The van der Waals surface area contributed by atoms with E-state index in [-0.39, 0.29) is 23.9 Å². The number of methoxy groups -OCH3 is 1. The van der Waals surface area contributed by atoms with Crippen molar-refractivity contribution in [3.8, 4) is 5.75 Å². The summed E-state index contributed by atoms with van der Waals surface area (Å²) in [6.45, 7) is 4.16. The highest BCUT2D eigenvalue weighted by molar-refractivity contribution is 5.94. The van der Waals surface area contributed by atoms with Gasteiger partial charge in [-0.25, -0.2) is 0 Å². The summed E-state index contributed by atoms with van der Waals surface area (Å²) in [4.78, 5) is 27.0. The topological polar surface area (TPSA) is 70.7 Å². The highest BCUT2D eigenvalue weighted by Gasteiger charge is 2.27. The van der Waals surface area contributed by atoms with E-state index < -0.39 is 0 Å². The molecule has 0 spiro atoms. The molecule has 1 saturated heterocycles. The zero-order valence-electron chi connectivity index (χ0n) is 17.8. The van der Waals surface area contributed by atoms with Crippen LogP contribution < -0.4 is 15.4 Å². The molecule has 2 aromatic rings. The molecule has 2 N–H and O–H groups in total. The average molecular weight is 410 g/mol. The molecule has 1 unspecified atom stereocenters. The van der Waals surface area contributed by atoms with Crippen molar-refractivity contribution in [2.24, 2.45) is 0 Å². The molecule has 0 aliphatic carbocycles. The predicted molar refractivity (Wildman–Crippen MR) is 118 cm³/mol. The lowest BCUT2D eigenvalue weighted by Crippen LogP contribution is -2.51. The molecule has 0 aromatic heterocycles. The van der Waals surface area contributed by atoms with Gasteiger partial charge in [0.15, 0.2) is 0 Å². The molecule has 1 atom stereocenters. The Bertz CT molecular complexity index is 815. The Kier molecular flexibility index (Phi) is 7.85. The van der Waals surface area contributed by atoms with Crippen LogP contribution in [0.2, 0.25) is 0 Å². The Hall–Kier alpha value is -2.86. The quantitative estimate of drug-likeness (QED) is 0.703. The highest BCUT2D eigenvalue weighted by atomic mass is 16.5. The SMILES string of the molecule is COc1ccc(CCNC(=O)C(C)N2CCC(NC(=O)c3ccccc3)CC2)cc1. The van der Waals surface area contributed by atoms with Crippen molar-refractivity contribution in [3.63, 3.8) is 0 Å². The van der Waals surface area contributed by atoms with E-state index in [2.05, 4.69) is 15.5 Å². The first-order chi connectivity index (χ1) is 14.6. The van der Waals surface area contributed by atoms with Crippen molar-refractivity contribution in [3.05, 3.63) is 65.7 Å². The second-order valence-corrected chi connectivity index (χ2v) is 7.71. The van der Waals surface area contributed by atoms with Gasteiger partial charge in [-0.05, 0) is 56.0 Å². The summed E-state index contributed by atoms with van der Waals surface area (Å²) in [6.07, 6.45) is 2.49. The maximum absolute atomic E-state index is 12.5. The highest BCUT2D eigenvalue weighted by Crippen LogP contribution is 2.15. The van der Waals surface area contributed by atoms with Gasteiger partial charge in [0.05, 0.1) is 13.2 Å². The molecule has 2 aromatic carbocycles. The van der Waals surface area contributed by atoms with Gasteiger partial charge in [-0.3, -0.25) is 14.5 Å². The van der Waals surface area contributed by atoms with Crippen LogP contribution in [0, 0.1) is 0 Å². The molecule has 1 aliphatic heterocycles. The predicted octanol–water partition coefficient (Wildman–Crippen LogP) is 2.64. The van der Waals surface area contributed by atoms with Crippen LogP contribution in [0.4, 0.5) is 0 Å². The minimum absolute atomic E-state index is 0.0293. The van der Waals surface area contributed by atoms with Crippen molar-refractivity contribution >= 4 is 11.8 Å². The van der Waals surface area contributed by atoms with Gasteiger partial charge in [-0.1, -0.05) is 30.3 Å². The van der Waals surface area contributed by atoms with Crippen LogP contribution in [-0.4, -0.2) is 55.5 Å². The Balaban J connectivity index is 1.38. The number of amides is 2. The maximum atomic E-state index is 12.5. The first kappa shape index (κ1) is 21.8. The van der Waals surface area contributed by atoms with Gasteiger partial charge in [0, 0.05) is 31.2 Å². The molecule has 6 nitrogen and oxygen atoms in total. The number of hydrogen-bond donors (Lipinski definition) is 2. The van der Waals surface area contributed by atoms with E-state index in [1.54, 1.807) is 7.11 Å². The molecule has 1 heterocycles. The van der Waals surface area contributed by atoms with Gasteiger partial charge < -0.3 is 15.4 Å². The van der Waals surface area contributed by atoms with Crippen molar-refractivity contribution < 1.29 is 14.3 Å². The lowest BCUT2D eigenvalue weighted by atomic mass is 10.0. The molecule has 1 aliphatic rings. The Morgan fingerprint density at radius 2 is 1.73 bits per heavy atom. The van der Waals surface area contributed by atoms with Crippen molar-refractivity contribution in [1.29, 1.82) is 0 Å². The third kappa shape index (κ3) is 6.07. The Morgan fingerprint density at radius 1 is 1.07 bits per heavy atom. The largest absolute Gasteiger partial charge is 0.497 e. The molecule has 2 amide bonds. The standard InChI is InChI=1S/C24H31N3O3/c1-18(23(28)25-15-12-19-8-10-22(30-2)11-9-19)27-16-13-21(14-17-27)26-24(29)20-6-4-3-5-7-20/h3-11,18,21H,12-17H2,1-2H3,(H,25,28)(H,26,29). The number of rotatable bonds is 8. The normalized spacial score (nSPS) is 15.9. The van der Waals surface area contributed by atoms with Gasteiger partial charge in [0.25, 0.3) is 5.91 Å². The van der Waals surface area contributed by atoms with Crippen LogP contribution in [0.1, 0.15) is 35.7 Å². The zero-order chi connectivity index (χ0) is 21.3. The average Bonchev–Trinajstić information content (AvgIpc) is 2.80. The Morgan fingerprint density at radius 3 is 2.37 bits per heavy atom. The van der Waals surface area contributed by atoms with E-state index in [4.69, 9.17) is 4.74 Å². The molecule has 0 radical (unpaired) electrons. The van der Waals surface area contributed by atoms with Gasteiger partial charge in [0.1, 0.15) is 5.75 Å². The van der Waals surface area contributed by atoms with Crippen molar-refractivity contribution in [2.45, 2.75) is 38.3 Å². The number of carbonyl (C=O) groups excluding carboxylic acids is 2. The summed E-state index contributed by atoms with van der Waals surface area (Å²) >= 11 is 0. The number of ether oxygens (including phenoxy) is 1. The minimum atomic E-state index is -0.174. The summed E-state index contributed by atoms with van der Waals surface area (Å²) in [5, 5.41) is 6.15. The minimum Gasteiger partial charge on any atom is -0.497 e. The van der Waals surface area contributed by atoms with Crippen LogP contribution in [0.25, 0.3) is 0 Å². The molecule has 160 valence electrons. The van der Waals surface area contributed by atoms with E-state index in [0.717, 1.165) is 38.1 Å². The van der Waals surface area contributed by atoms with Gasteiger partial charge in [-0.15, -0.1) is 0 Å². The fraction of sp³-hybridized carbons (Fsp3) is 0.417. The van der Waals surface area contributed by atoms with E-state index in [1.807, 2.05) is 61.5 Å². The molecule has 0 bridgehead atoms. The fourth-order valence-electron chi connectivity index (χ4n) is 3.73. The number of carbonyl (C=O) groups is 2. The second-order valence-electron chi connectivity index (χ2n) is 7.71. The number of likely N-dealkylation sites (tertiary alicyclic amines) is 1. The molecule has 30 heavy (non-hydrogen) atoms. The zero-order valence-corrected chi connectivity index (χ0v) is 17.8. The van der Waals surface area contributed by atoms with E-state index >= 15 is 0 Å². The summed E-state index contributed by atoms with van der Waals surface area (Å²) < 4.78 is 5.16. The molecule has 6 heteroatoms. The van der Waals surface area contributed by atoms with Crippen LogP contribution in [0.3, 0.4) is 0 Å². The van der Waals surface area contributed by atoms with E-state index in [9.17, 15) is 9.59 Å². The van der Waals surface area contributed by atoms with E-state index in [1.165, 1.54) is 5.56 Å². The molecule has 1 fully saturated rings. The number of benzene rings is 2. The molecular formula is C24H31N3O3. The number of piperidine rings is 1. The van der Waals surface area contributed by atoms with Gasteiger partial charge in [-0.2, -0.15) is 0 Å². The molecule has 0 saturated carbocycles. The second kappa shape index (κ2) is 10.8. The van der Waals surface area contributed by atoms with Crippen LogP contribution in [-0.2, 0) is 11.2 Å². The first-order valence-corrected chi connectivity index (χ1v) is 10.6. The first-order valence-electron chi connectivity index (χ1n) is 10.6. The van der Waals surface area contributed by atoms with Crippen molar-refractivity contribution in [2.75, 3.05) is 26.7 Å². The third-order valence-electron chi connectivity index (χ3n) is 5.70. The monoisotopic (exact) mass is 409 g/mol. The lowest BCUT2D eigenvalue weighted by molar-refractivity contribution is -0.126. The van der Waals surface area contributed by atoms with Gasteiger partial charge >= 0.3 is 0 Å². The van der Waals surface area contributed by atoms with Crippen molar-refractivity contribution in [1.82, 2.24) is 15.5 Å². The summed E-state index contributed by atoms with van der Waals surface area (Å²) in [5.74, 6) is 0.855. The van der Waals surface area contributed by atoms with Crippen LogP contribution >= 0.6 is 0 Å². The fourth-order valence-corrected chi connectivity index (χ4v) is 3.73. The summed E-state index contributed by atoms with van der Waals surface area (Å²) in [5.41, 5.74) is 1.85. The van der Waals surface area contributed by atoms with Crippen LogP contribution in [0.15, 0.2) is 54.6 Å². The number of hydrogen-bond acceptors (Lipinski definition) is 4. The van der Waals surface area contributed by atoms with Gasteiger partial charge in [0.2, 0.25) is 5.91 Å². The summed E-state index contributed by atoms with van der Waals surface area (Å²) in [7, 11) is 1.65. The Labute approximate surface area is 178 Å². The number of nitrogens with zero attached hydrogens (tertiary/aromatic N) is 1. The molecular weight excluding hydrogens is 378 g/mol. The van der Waals surface area contributed by atoms with Crippen LogP contribution in [0.5, 0.6) is 5.75 Å². The summed E-state index contributed by atoms with van der Waals surface area (Å²) in [6, 6.07) is 17.2. The molecule has 3 rings (SSSR count). The third-order valence-corrected chi connectivity index (χ3v) is 5.70. The van der Waals surface area contributed by atoms with E-state index in [0.29, 0.717) is 12.1 Å². The lowest BCUT2D eigenvalue weighted by Gasteiger charge is -2.35. The maximum Gasteiger partial charge on any atom is 0.251 e. The smallest absolute Gasteiger partial charge is 0.251 e.